The van der Waals surface area contributed by atoms with Gasteiger partial charge in [0.2, 0.25) is 0 Å². The number of fused-ring (bicyclic) bond motifs is 1. The molecule has 3 rings (SSSR count). The van der Waals surface area contributed by atoms with Crippen molar-refractivity contribution in [2.24, 2.45) is 0 Å². The van der Waals surface area contributed by atoms with Gasteiger partial charge >= 0.3 is 0 Å². The Labute approximate surface area is 100 Å². The third kappa shape index (κ3) is 1.82. The van der Waals surface area contributed by atoms with Crippen LogP contribution in [0.15, 0.2) is 24.3 Å². The fraction of sp³-hybridized carbons (Fsp3) is 0.357. The maximum Gasteiger partial charge on any atom is 0.270 e. The third-order valence-corrected chi connectivity index (χ3v) is 3.40. The molecule has 1 amide bonds. The van der Waals surface area contributed by atoms with Gasteiger partial charge in [0.05, 0.1) is 0 Å². The lowest BCUT2D eigenvalue weighted by Gasteiger charge is -2.13. The standard InChI is InChI=1S/C14H16N2O/c1-10-4-5-11-9-13(15-12(11)8-10)14(17)16-6-2-3-7-16/h4-5,8-9,15H,2-3,6-7H2,1H3. The van der Waals surface area contributed by atoms with Crippen molar-refractivity contribution >= 4 is 16.8 Å². The Morgan fingerprint density at radius 1 is 1.24 bits per heavy atom. The minimum atomic E-state index is 0.136. The molecule has 1 fully saturated rings. The molecule has 3 heteroatoms. The molecular formula is C14H16N2O. The largest absolute Gasteiger partial charge is 0.351 e. The number of benzene rings is 1. The van der Waals surface area contributed by atoms with Crippen LogP contribution in [0.2, 0.25) is 0 Å². The molecule has 2 aromatic rings. The molecule has 0 bridgehead atoms. The van der Waals surface area contributed by atoms with Crippen molar-refractivity contribution in [2.75, 3.05) is 13.1 Å². The van der Waals surface area contributed by atoms with Crippen LogP contribution < -0.4 is 0 Å². The molecule has 1 aliphatic heterocycles. The van der Waals surface area contributed by atoms with Crippen molar-refractivity contribution in [3.8, 4) is 0 Å². The first-order valence-electron chi connectivity index (χ1n) is 6.13. The van der Waals surface area contributed by atoms with Crippen molar-refractivity contribution < 1.29 is 4.79 Å². The first kappa shape index (κ1) is 10.4. The molecule has 88 valence electrons. The number of hydrogen-bond donors (Lipinski definition) is 1. The average molecular weight is 228 g/mol. The number of likely N-dealkylation sites (tertiary alicyclic amines) is 1. The highest BCUT2D eigenvalue weighted by atomic mass is 16.2. The molecule has 0 spiro atoms. The second-order valence-corrected chi connectivity index (χ2v) is 4.77. The summed E-state index contributed by atoms with van der Waals surface area (Å²) in [5.41, 5.74) is 2.97. The Balaban J connectivity index is 1.97. The van der Waals surface area contributed by atoms with Crippen LogP contribution in [0, 0.1) is 6.92 Å². The van der Waals surface area contributed by atoms with Crippen LogP contribution in [0.3, 0.4) is 0 Å². The second-order valence-electron chi connectivity index (χ2n) is 4.77. The monoisotopic (exact) mass is 228 g/mol. The number of carbonyl (C=O) groups excluding carboxylic acids is 1. The van der Waals surface area contributed by atoms with E-state index in [1.807, 2.05) is 11.0 Å². The SMILES string of the molecule is Cc1ccc2cc(C(=O)N3CCCC3)[nH]c2c1. The quantitative estimate of drug-likeness (QED) is 0.800. The van der Waals surface area contributed by atoms with E-state index in [2.05, 4.69) is 30.1 Å². The lowest BCUT2D eigenvalue weighted by molar-refractivity contribution is 0.0788. The van der Waals surface area contributed by atoms with Gasteiger partial charge in [0.1, 0.15) is 5.69 Å². The van der Waals surface area contributed by atoms with Crippen LogP contribution in [0.5, 0.6) is 0 Å². The molecule has 0 atom stereocenters. The molecule has 3 nitrogen and oxygen atoms in total. The van der Waals surface area contributed by atoms with Gasteiger partial charge in [0, 0.05) is 24.0 Å². The average Bonchev–Trinajstić information content (AvgIpc) is 2.96. The normalized spacial score (nSPS) is 15.7. The number of amides is 1. The molecule has 1 saturated heterocycles. The Morgan fingerprint density at radius 3 is 2.76 bits per heavy atom. The maximum atomic E-state index is 12.2. The third-order valence-electron chi connectivity index (χ3n) is 3.40. The van der Waals surface area contributed by atoms with Gasteiger partial charge in [-0.2, -0.15) is 0 Å². The summed E-state index contributed by atoms with van der Waals surface area (Å²) in [6.07, 6.45) is 2.26. The Hall–Kier alpha value is -1.77. The fourth-order valence-corrected chi connectivity index (χ4v) is 2.45. The summed E-state index contributed by atoms with van der Waals surface area (Å²) in [5, 5.41) is 1.11. The summed E-state index contributed by atoms with van der Waals surface area (Å²) in [6.45, 7) is 3.85. The zero-order chi connectivity index (χ0) is 11.8. The lowest BCUT2D eigenvalue weighted by atomic mass is 10.2. The van der Waals surface area contributed by atoms with E-state index in [0.717, 1.165) is 36.8 Å². The molecule has 1 aromatic carbocycles. The predicted octanol–water partition coefficient (Wildman–Crippen LogP) is 2.71. The summed E-state index contributed by atoms with van der Waals surface area (Å²) in [4.78, 5) is 17.3. The minimum absolute atomic E-state index is 0.136. The Bertz CT molecular complexity index is 565. The van der Waals surface area contributed by atoms with Crippen LogP contribution >= 0.6 is 0 Å². The number of aryl methyl sites for hydroxylation is 1. The van der Waals surface area contributed by atoms with Crippen molar-refractivity contribution in [3.05, 3.63) is 35.5 Å². The lowest BCUT2D eigenvalue weighted by Crippen LogP contribution is -2.27. The van der Waals surface area contributed by atoms with Crippen LogP contribution in [0.25, 0.3) is 10.9 Å². The van der Waals surface area contributed by atoms with E-state index in [4.69, 9.17) is 0 Å². The van der Waals surface area contributed by atoms with Gasteiger partial charge in [-0.1, -0.05) is 12.1 Å². The van der Waals surface area contributed by atoms with Gasteiger partial charge in [-0.05, 0) is 37.5 Å². The van der Waals surface area contributed by atoms with Crippen molar-refractivity contribution in [2.45, 2.75) is 19.8 Å². The number of nitrogens with zero attached hydrogens (tertiary/aromatic N) is 1. The second kappa shape index (κ2) is 3.91. The topological polar surface area (TPSA) is 36.1 Å². The predicted molar refractivity (Wildman–Crippen MR) is 68.2 cm³/mol. The fourth-order valence-electron chi connectivity index (χ4n) is 2.45. The summed E-state index contributed by atoms with van der Waals surface area (Å²) in [7, 11) is 0. The number of rotatable bonds is 1. The summed E-state index contributed by atoms with van der Waals surface area (Å²) in [6, 6.07) is 8.16. The number of carbonyl (C=O) groups is 1. The highest BCUT2D eigenvalue weighted by Gasteiger charge is 2.20. The highest BCUT2D eigenvalue weighted by molar-refractivity contribution is 5.98. The molecule has 1 aromatic heterocycles. The molecule has 1 aliphatic rings. The molecule has 2 heterocycles. The summed E-state index contributed by atoms with van der Waals surface area (Å²) >= 11 is 0. The van der Waals surface area contributed by atoms with E-state index in [0.29, 0.717) is 5.69 Å². The van der Waals surface area contributed by atoms with Gasteiger partial charge in [0.25, 0.3) is 5.91 Å². The Morgan fingerprint density at radius 2 is 2.00 bits per heavy atom. The molecule has 17 heavy (non-hydrogen) atoms. The number of aromatic amines is 1. The first-order chi connectivity index (χ1) is 8.24. The molecule has 0 radical (unpaired) electrons. The molecule has 0 saturated carbocycles. The van der Waals surface area contributed by atoms with Crippen LogP contribution in [0.4, 0.5) is 0 Å². The Kier molecular flexibility index (Phi) is 2.39. The summed E-state index contributed by atoms with van der Waals surface area (Å²) in [5.74, 6) is 0.136. The van der Waals surface area contributed by atoms with Crippen LogP contribution in [-0.4, -0.2) is 28.9 Å². The van der Waals surface area contributed by atoms with E-state index in [1.54, 1.807) is 0 Å². The molecule has 0 aliphatic carbocycles. The van der Waals surface area contributed by atoms with Crippen molar-refractivity contribution in [1.29, 1.82) is 0 Å². The van der Waals surface area contributed by atoms with Gasteiger partial charge in [0.15, 0.2) is 0 Å². The van der Waals surface area contributed by atoms with E-state index in [-0.39, 0.29) is 5.91 Å². The van der Waals surface area contributed by atoms with Gasteiger partial charge < -0.3 is 9.88 Å². The van der Waals surface area contributed by atoms with Crippen LogP contribution in [-0.2, 0) is 0 Å². The van der Waals surface area contributed by atoms with Crippen LogP contribution in [0.1, 0.15) is 28.9 Å². The highest BCUT2D eigenvalue weighted by Crippen LogP contribution is 2.19. The van der Waals surface area contributed by atoms with Gasteiger partial charge in [-0.3, -0.25) is 4.79 Å². The molecule has 0 unspecified atom stereocenters. The van der Waals surface area contributed by atoms with Gasteiger partial charge in [-0.15, -0.1) is 0 Å². The molecular weight excluding hydrogens is 212 g/mol. The molecule has 1 N–H and O–H groups in total. The van der Waals surface area contributed by atoms with Gasteiger partial charge in [-0.25, -0.2) is 0 Å². The van der Waals surface area contributed by atoms with Crippen molar-refractivity contribution in [3.63, 3.8) is 0 Å². The van der Waals surface area contributed by atoms with E-state index in [9.17, 15) is 4.79 Å². The first-order valence-corrected chi connectivity index (χ1v) is 6.13. The minimum Gasteiger partial charge on any atom is -0.351 e. The van der Waals surface area contributed by atoms with Crippen molar-refractivity contribution in [1.82, 2.24) is 9.88 Å². The zero-order valence-electron chi connectivity index (χ0n) is 9.99. The zero-order valence-corrected chi connectivity index (χ0v) is 9.99. The maximum absolute atomic E-state index is 12.2. The summed E-state index contributed by atoms with van der Waals surface area (Å²) < 4.78 is 0. The number of hydrogen-bond acceptors (Lipinski definition) is 1. The smallest absolute Gasteiger partial charge is 0.270 e. The number of H-pyrrole nitrogens is 1. The number of nitrogens with one attached hydrogen (secondary N) is 1. The van der Waals surface area contributed by atoms with E-state index < -0.39 is 0 Å². The van der Waals surface area contributed by atoms with E-state index in [1.165, 1.54) is 5.56 Å². The van der Waals surface area contributed by atoms with E-state index >= 15 is 0 Å². The number of aromatic nitrogens is 1.